The van der Waals surface area contributed by atoms with Gasteiger partial charge >= 0.3 is 18.7 Å². The third kappa shape index (κ3) is 9.16. The summed E-state index contributed by atoms with van der Waals surface area (Å²) in [5.41, 5.74) is 5.45. The first-order chi connectivity index (χ1) is 12.8. The Morgan fingerprint density at radius 1 is 1.14 bits per heavy atom. The van der Waals surface area contributed by atoms with Gasteiger partial charge in [-0.15, -0.1) is 26.3 Å². The van der Waals surface area contributed by atoms with Gasteiger partial charge in [-0.3, -0.25) is 4.79 Å². The molecule has 0 bridgehead atoms. The lowest BCUT2D eigenvalue weighted by Gasteiger charge is -2.18. The van der Waals surface area contributed by atoms with Gasteiger partial charge in [0.15, 0.2) is 0 Å². The molecule has 0 saturated heterocycles. The van der Waals surface area contributed by atoms with Crippen molar-refractivity contribution in [3.05, 3.63) is 23.8 Å². The summed E-state index contributed by atoms with van der Waals surface area (Å²) in [4.78, 5) is 11.0. The van der Waals surface area contributed by atoms with Gasteiger partial charge in [0.05, 0.1) is 5.92 Å². The second-order valence-electron chi connectivity index (χ2n) is 6.37. The van der Waals surface area contributed by atoms with Gasteiger partial charge in [0.25, 0.3) is 0 Å². The number of ether oxygens (including phenoxy) is 2. The topological polar surface area (TPSA) is 81.8 Å². The fraction of sp³-hybridized carbons (Fsp3) is 0.588. The molecule has 0 amide bonds. The summed E-state index contributed by atoms with van der Waals surface area (Å²) in [5.74, 6) is -3.37. The Morgan fingerprint density at radius 2 is 1.75 bits per heavy atom. The van der Waals surface area contributed by atoms with Crippen molar-refractivity contribution in [1.29, 1.82) is 0 Å². The van der Waals surface area contributed by atoms with Gasteiger partial charge in [-0.1, -0.05) is 19.4 Å². The van der Waals surface area contributed by atoms with Crippen LogP contribution >= 0.6 is 0 Å². The van der Waals surface area contributed by atoms with Crippen LogP contribution in [0, 0.1) is 11.8 Å². The molecule has 0 heterocycles. The van der Waals surface area contributed by atoms with Gasteiger partial charge in [0, 0.05) is 12.6 Å². The lowest BCUT2D eigenvalue weighted by molar-refractivity contribution is -0.276. The van der Waals surface area contributed by atoms with Crippen molar-refractivity contribution in [2.45, 2.75) is 45.3 Å². The SMILES string of the molecule is CC(CCCc1ccc(OC(F)(F)F)cc1OC(F)(F)F)CC(CN)C(=O)O. The van der Waals surface area contributed by atoms with Gasteiger partial charge in [-0.25, -0.2) is 0 Å². The first kappa shape index (κ1) is 23.9. The van der Waals surface area contributed by atoms with Crippen LogP contribution in [-0.4, -0.2) is 30.3 Å². The van der Waals surface area contributed by atoms with E-state index in [-0.39, 0.29) is 24.4 Å². The van der Waals surface area contributed by atoms with E-state index in [0.29, 0.717) is 25.3 Å². The molecule has 3 N–H and O–H groups in total. The Morgan fingerprint density at radius 3 is 2.25 bits per heavy atom. The summed E-state index contributed by atoms with van der Waals surface area (Å²) in [6, 6.07) is 2.52. The zero-order valence-electron chi connectivity index (χ0n) is 14.9. The van der Waals surface area contributed by atoms with Crippen LogP contribution < -0.4 is 15.2 Å². The molecular formula is C17H21F6NO4. The molecule has 1 rings (SSSR count). The minimum absolute atomic E-state index is 0.0239. The number of benzene rings is 1. The summed E-state index contributed by atoms with van der Waals surface area (Å²) in [6.07, 6.45) is -8.83. The lowest BCUT2D eigenvalue weighted by Crippen LogP contribution is -2.25. The van der Waals surface area contributed by atoms with Crippen LogP contribution in [0.15, 0.2) is 18.2 Å². The number of hydrogen-bond donors (Lipinski definition) is 2. The molecule has 0 fully saturated rings. The average Bonchev–Trinajstić information content (AvgIpc) is 2.51. The van der Waals surface area contributed by atoms with Crippen molar-refractivity contribution < 1.29 is 45.7 Å². The number of hydrogen-bond acceptors (Lipinski definition) is 4. The van der Waals surface area contributed by atoms with Crippen LogP contribution in [0.5, 0.6) is 11.5 Å². The van der Waals surface area contributed by atoms with E-state index in [1.165, 1.54) is 0 Å². The second kappa shape index (κ2) is 9.85. The van der Waals surface area contributed by atoms with Crippen molar-refractivity contribution in [3.8, 4) is 11.5 Å². The smallest absolute Gasteiger partial charge is 0.481 e. The average molecular weight is 417 g/mol. The van der Waals surface area contributed by atoms with Crippen LogP contribution in [0.2, 0.25) is 0 Å². The van der Waals surface area contributed by atoms with Crippen LogP contribution in [0.3, 0.4) is 0 Å². The van der Waals surface area contributed by atoms with Gasteiger partial charge in [-0.05, 0) is 36.8 Å². The summed E-state index contributed by atoms with van der Waals surface area (Å²) < 4.78 is 81.8. The molecule has 1 aromatic carbocycles. The van der Waals surface area contributed by atoms with Gasteiger partial charge < -0.3 is 20.3 Å². The number of aryl methyl sites for hydroxylation is 1. The van der Waals surface area contributed by atoms with E-state index in [0.717, 1.165) is 12.1 Å². The van der Waals surface area contributed by atoms with Crippen molar-refractivity contribution >= 4 is 5.97 Å². The molecule has 2 atom stereocenters. The minimum atomic E-state index is -5.07. The summed E-state index contributed by atoms with van der Waals surface area (Å²) in [6.45, 7) is 1.77. The molecule has 160 valence electrons. The zero-order chi connectivity index (χ0) is 21.5. The van der Waals surface area contributed by atoms with E-state index in [2.05, 4.69) is 9.47 Å². The highest BCUT2D eigenvalue weighted by Gasteiger charge is 2.34. The lowest BCUT2D eigenvalue weighted by atomic mass is 9.91. The number of nitrogens with two attached hydrogens (primary N) is 1. The maximum atomic E-state index is 12.5. The number of rotatable bonds is 10. The number of carboxylic acids is 1. The Labute approximate surface area is 157 Å². The predicted molar refractivity (Wildman–Crippen MR) is 86.7 cm³/mol. The van der Waals surface area contributed by atoms with E-state index in [4.69, 9.17) is 10.8 Å². The van der Waals surface area contributed by atoms with Crippen LogP contribution in [0.25, 0.3) is 0 Å². The fourth-order valence-electron chi connectivity index (χ4n) is 2.70. The van der Waals surface area contributed by atoms with Crippen molar-refractivity contribution in [2.24, 2.45) is 17.6 Å². The van der Waals surface area contributed by atoms with Crippen molar-refractivity contribution in [1.82, 2.24) is 0 Å². The quantitative estimate of drug-likeness (QED) is 0.548. The number of halogens is 6. The van der Waals surface area contributed by atoms with E-state index >= 15 is 0 Å². The van der Waals surface area contributed by atoms with E-state index in [1.54, 1.807) is 6.92 Å². The standard InChI is InChI=1S/C17H21F6NO4/c1-10(7-12(9-24)15(25)26)3-2-4-11-5-6-13(27-16(18,19)20)8-14(11)28-17(21,22)23/h5-6,8,10,12H,2-4,7,9,24H2,1H3,(H,25,26). The van der Waals surface area contributed by atoms with Gasteiger partial charge in [0.2, 0.25) is 0 Å². The highest BCUT2D eigenvalue weighted by molar-refractivity contribution is 5.70. The first-order valence-electron chi connectivity index (χ1n) is 8.38. The van der Waals surface area contributed by atoms with Crippen molar-refractivity contribution in [2.75, 3.05) is 6.54 Å². The number of carbonyl (C=O) groups is 1. The van der Waals surface area contributed by atoms with E-state index < -0.39 is 36.1 Å². The predicted octanol–water partition coefficient (Wildman–Crippen LogP) is 4.49. The molecule has 28 heavy (non-hydrogen) atoms. The zero-order valence-corrected chi connectivity index (χ0v) is 14.9. The maximum Gasteiger partial charge on any atom is 0.573 e. The number of carboxylic acid groups (broad SMARTS) is 1. The Hall–Kier alpha value is -2.17. The molecule has 0 aliphatic carbocycles. The molecule has 0 radical (unpaired) electrons. The monoisotopic (exact) mass is 417 g/mol. The maximum absolute atomic E-state index is 12.5. The Kier molecular flexibility index (Phi) is 8.40. The third-order valence-corrected chi connectivity index (χ3v) is 3.96. The van der Waals surface area contributed by atoms with Crippen LogP contribution in [-0.2, 0) is 11.2 Å². The first-order valence-corrected chi connectivity index (χ1v) is 8.38. The molecular weight excluding hydrogens is 396 g/mol. The Balaban J connectivity index is 2.79. The largest absolute Gasteiger partial charge is 0.573 e. The molecule has 0 aliphatic rings. The normalized spacial score (nSPS) is 14.4. The van der Waals surface area contributed by atoms with E-state index in [1.807, 2.05) is 0 Å². The molecule has 0 spiro atoms. The number of alkyl halides is 6. The summed E-state index contributed by atoms with van der Waals surface area (Å²) >= 11 is 0. The second-order valence-corrected chi connectivity index (χ2v) is 6.37. The Bertz CT molecular complexity index is 648. The molecule has 2 unspecified atom stereocenters. The molecule has 0 saturated carbocycles. The molecule has 11 heteroatoms. The molecule has 0 aliphatic heterocycles. The highest BCUT2D eigenvalue weighted by atomic mass is 19.4. The fourth-order valence-corrected chi connectivity index (χ4v) is 2.70. The van der Waals surface area contributed by atoms with Crippen LogP contribution in [0.1, 0.15) is 31.7 Å². The summed E-state index contributed by atoms with van der Waals surface area (Å²) in [5, 5.41) is 8.98. The molecule has 1 aromatic rings. The molecule has 5 nitrogen and oxygen atoms in total. The third-order valence-electron chi connectivity index (χ3n) is 3.96. The van der Waals surface area contributed by atoms with Gasteiger partial charge in [0.1, 0.15) is 11.5 Å². The number of aliphatic carboxylic acids is 1. The molecule has 0 aromatic heterocycles. The highest BCUT2D eigenvalue weighted by Crippen LogP contribution is 2.33. The summed E-state index contributed by atoms with van der Waals surface area (Å²) in [7, 11) is 0. The van der Waals surface area contributed by atoms with Crippen molar-refractivity contribution in [3.63, 3.8) is 0 Å². The van der Waals surface area contributed by atoms with Gasteiger partial charge in [-0.2, -0.15) is 0 Å². The minimum Gasteiger partial charge on any atom is -0.481 e. The van der Waals surface area contributed by atoms with Crippen LogP contribution in [0.4, 0.5) is 26.3 Å². The van der Waals surface area contributed by atoms with E-state index in [9.17, 15) is 31.1 Å².